The number of amides is 3. The third kappa shape index (κ3) is 13.9. The molecule has 1 unspecified atom stereocenters. The average Bonchev–Trinajstić information content (AvgIpc) is 3.51. The van der Waals surface area contributed by atoms with Crippen molar-refractivity contribution in [3.63, 3.8) is 0 Å². The van der Waals surface area contributed by atoms with E-state index in [9.17, 15) is 32.8 Å². The molecule has 294 valence electrons. The molecule has 3 rings (SSSR count). The molecule has 0 spiro atoms. The van der Waals surface area contributed by atoms with Crippen molar-refractivity contribution in [3.05, 3.63) is 83.7 Å². The van der Waals surface area contributed by atoms with E-state index in [0.717, 1.165) is 35.2 Å². The first-order valence-electron chi connectivity index (χ1n) is 17.3. The zero-order valence-corrected chi connectivity index (χ0v) is 31.3. The van der Waals surface area contributed by atoms with Crippen LogP contribution in [0.4, 0.5) is 8.78 Å². The van der Waals surface area contributed by atoms with Crippen LogP contribution in [0.25, 0.3) is 11.1 Å². The number of rotatable bonds is 21. The average molecular weight is 774 g/mol. The summed E-state index contributed by atoms with van der Waals surface area (Å²) in [6, 6.07) is 12.5. The van der Waals surface area contributed by atoms with Crippen LogP contribution in [0, 0.1) is 17.0 Å². The smallest absolute Gasteiger partial charge is 0.321 e. The van der Waals surface area contributed by atoms with Gasteiger partial charge in [0.25, 0.3) is 0 Å². The number of hydrogen-bond donors (Lipinski definition) is 8. The predicted molar refractivity (Wildman–Crippen MR) is 201 cm³/mol. The first-order chi connectivity index (χ1) is 25.5. The van der Waals surface area contributed by atoms with Crippen molar-refractivity contribution in [2.24, 2.45) is 16.9 Å². The summed E-state index contributed by atoms with van der Waals surface area (Å²) in [6.07, 6.45) is 1.47. The highest BCUT2D eigenvalue weighted by molar-refractivity contribution is 8.00. The third-order valence-electron chi connectivity index (χ3n) is 8.28. The number of nitrogens with two attached hydrogens (primary N) is 2. The highest BCUT2D eigenvalue weighted by Gasteiger charge is 2.30. The van der Waals surface area contributed by atoms with Crippen molar-refractivity contribution in [2.45, 2.75) is 63.5 Å². The van der Waals surface area contributed by atoms with E-state index >= 15 is 0 Å². The molecule has 1 aromatic heterocycles. The van der Waals surface area contributed by atoms with Crippen LogP contribution in [0.1, 0.15) is 50.9 Å². The molecule has 14 nitrogen and oxygen atoms in total. The van der Waals surface area contributed by atoms with Gasteiger partial charge in [-0.15, -0.1) is 11.8 Å². The molecule has 0 radical (unpaired) electrons. The summed E-state index contributed by atoms with van der Waals surface area (Å²) in [5.74, 6) is -5.67. The minimum atomic E-state index is -1.30. The first-order valence-corrected chi connectivity index (χ1v) is 18.3. The maximum absolute atomic E-state index is 14.9. The summed E-state index contributed by atoms with van der Waals surface area (Å²) < 4.78 is 31.0. The van der Waals surface area contributed by atoms with Gasteiger partial charge in [0.2, 0.25) is 17.7 Å². The van der Waals surface area contributed by atoms with Gasteiger partial charge in [-0.05, 0) is 48.2 Å². The molecule has 1 heterocycles. The lowest BCUT2D eigenvalue weighted by Gasteiger charge is -2.33. The lowest BCUT2D eigenvalue weighted by molar-refractivity contribution is -0.138. The van der Waals surface area contributed by atoms with Crippen LogP contribution in [-0.2, 0) is 30.5 Å². The minimum Gasteiger partial charge on any atom is -0.481 e. The zero-order valence-electron chi connectivity index (χ0n) is 30.4. The monoisotopic (exact) mass is 773 g/mol. The Bertz CT molecular complexity index is 1750. The van der Waals surface area contributed by atoms with E-state index in [4.69, 9.17) is 21.7 Å². The summed E-state index contributed by atoms with van der Waals surface area (Å²) in [6.45, 7) is 6.56. The molecule has 2 aromatic carbocycles. The summed E-state index contributed by atoms with van der Waals surface area (Å²) in [7, 11) is 0. The number of aliphatic carboxylic acids is 2. The fourth-order valence-electron chi connectivity index (χ4n) is 5.46. The number of carboxylic acids is 2. The second-order valence-corrected chi connectivity index (χ2v) is 15.0. The molecule has 3 aromatic rings. The van der Waals surface area contributed by atoms with Gasteiger partial charge in [-0.25, -0.2) is 8.78 Å². The van der Waals surface area contributed by atoms with E-state index in [1.165, 1.54) is 6.07 Å². The van der Waals surface area contributed by atoms with E-state index < -0.39 is 71.6 Å². The van der Waals surface area contributed by atoms with Crippen LogP contribution in [-0.4, -0.2) is 93.7 Å². The van der Waals surface area contributed by atoms with E-state index in [1.54, 1.807) is 0 Å². The van der Waals surface area contributed by atoms with E-state index in [2.05, 4.69) is 21.3 Å². The molecule has 54 heavy (non-hydrogen) atoms. The molecule has 4 atom stereocenters. The lowest BCUT2D eigenvalue weighted by atomic mass is 9.84. The highest BCUT2D eigenvalue weighted by atomic mass is 32.2. The van der Waals surface area contributed by atoms with Gasteiger partial charge in [-0.1, -0.05) is 51.1 Å². The Morgan fingerprint density at radius 1 is 0.870 bits per heavy atom. The molecule has 0 bridgehead atoms. The van der Waals surface area contributed by atoms with Gasteiger partial charge in [-0.2, -0.15) is 0 Å². The van der Waals surface area contributed by atoms with Crippen molar-refractivity contribution in [1.82, 2.24) is 25.8 Å². The number of carbonyl (C=O) groups excluding carboxylic acids is 3. The molecule has 0 saturated carbocycles. The Morgan fingerprint density at radius 2 is 1.56 bits per heavy atom. The zero-order chi connectivity index (χ0) is 40.0. The number of carboxylic acid groups (broad SMARTS) is 2. The second-order valence-electron chi connectivity index (χ2n) is 13.8. The van der Waals surface area contributed by atoms with Crippen molar-refractivity contribution in [2.75, 3.05) is 31.9 Å². The Kier molecular flexibility index (Phi) is 16.6. The molecule has 17 heteroatoms. The molecule has 0 aliphatic carbocycles. The largest absolute Gasteiger partial charge is 0.481 e. The third-order valence-corrected chi connectivity index (χ3v) is 9.62. The number of thioether (sulfide) groups is 1. The van der Waals surface area contributed by atoms with Gasteiger partial charge >= 0.3 is 11.9 Å². The number of hydrogen-bond acceptors (Lipinski definition) is 9. The van der Waals surface area contributed by atoms with Crippen LogP contribution in [0.2, 0.25) is 0 Å². The fourth-order valence-corrected chi connectivity index (χ4v) is 6.54. The molecule has 0 fully saturated rings. The van der Waals surface area contributed by atoms with E-state index in [0.29, 0.717) is 18.7 Å². The molecular weight excluding hydrogens is 725 g/mol. The number of nitrogens with zero attached hydrogens (tertiary/aromatic N) is 1. The molecule has 0 aliphatic rings. The standard InChI is InChI=1S/C37H49F2N7O7S/c1-37(2,3)33(29-15-23(25-16-24(38)9-10-26(25)39)20-46(29)19-22-7-5-4-6-8-22)43-12-11-27(40)34(50)44-14-13-42-31(47)18-45-35(51)30(17-32(48)49)54-21-28(41)36(52)53/h4-10,15-16,20,27-28,30,33,43H,11-14,17-19,21,40-41H2,1-3H3,(H,42,47)(H,44,50)(H,45,51)(H,48,49)(H,52,53)/t27-,28-,30?,33-/m0/s1. The SMILES string of the molecule is CC(C)(C)[C@@H](NCC[C@H](N)C(=O)NCCNC(=O)CNC(=O)C(CC(=O)O)SC[C@H](N)C(=O)O)c1cc(-c2cc(F)ccc2F)cn1Cc1ccccc1. The Hall–Kier alpha value is -4.84. The van der Waals surface area contributed by atoms with E-state index in [1.807, 2.05) is 67.9 Å². The Balaban J connectivity index is 1.53. The van der Waals surface area contributed by atoms with Crippen LogP contribution >= 0.6 is 11.8 Å². The molecule has 0 saturated heterocycles. The first kappa shape index (κ1) is 43.6. The van der Waals surface area contributed by atoms with Crippen LogP contribution in [0.3, 0.4) is 0 Å². The second kappa shape index (κ2) is 20.6. The predicted octanol–water partition coefficient (Wildman–Crippen LogP) is 2.21. The summed E-state index contributed by atoms with van der Waals surface area (Å²) in [5, 5.41) is 27.9. The number of aromatic nitrogens is 1. The van der Waals surface area contributed by atoms with Crippen LogP contribution < -0.4 is 32.7 Å². The van der Waals surface area contributed by atoms with Gasteiger partial charge in [-0.3, -0.25) is 24.0 Å². The maximum Gasteiger partial charge on any atom is 0.321 e. The lowest BCUT2D eigenvalue weighted by Crippen LogP contribution is -2.46. The number of nitrogens with one attached hydrogen (secondary N) is 4. The normalized spacial score (nSPS) is 13.7. The Labute approximate surface area is 316 Å². The molecule has 10 N–H and O–H groups in total. The minimum absolute atomic E-state index is 0.0188. The van der Waals surface area contributed by atoms with Crippen molar-refractivity contribution < 1.29 is 43.0 Å². The van der Waals surface area contributed by atoms with Crippen LogP contribution in [0.5, 0.6) is 0 Å². The topological polar surface area (TPSA) is 231 Å². The van der Waals surface area contributed by atoms with Crippen molar-refractivity contribution in [1.29, 1.82) is 0 Å². The molecule has 0 aliphatic heterocycles. The van der Waals surface area contributed by atoms with Gasteiger partial charge < -0.3 is 47.5 Å². The van der Waals surface area contributed by atoms with Crippen molar-refractivity contribution >= 4 is 41.4 Å². The molecular formula is C37H49F2N7O7S. The fraction of sp³-hybridized carbons (Fsp3) is 0.432. The van der Waals surface area contributed by atoms with E-state index in [-0.39, 0.29) is 42.3 Å². The maximum atomic E-state index is 14.9. The molecule has 3 amide bonds. The number of benzene rings is 2. The number of carbonyl (C=O) groups is 5. The number of halogens is 2. The Morgan fingerprint density at radius 3 is 2.20 bits per heavy atom. The van der Waals surface area contributed by atoms with Crippen molar-refractivity contribution in [3.8, 4) is 11.1 Å². The van der Waals surface area contributed by atoms with Gasteiger partial charge in [0.15, 0.2) is 0 Å². The summed E-state index contributed by atoms with van der Waals surface area (Å²) >= 11 is 0.763. The van der Waals surface area contributed by atoms with Crippen LogP contribution in [0.15, 0.2) is 60.8 Å². The van der Waals surface area contributed by atoms with Gasteiger partial charge in [0.05, 0.1) is 30.3 Å². The van der Waals surface area contributed by atoms with Gasteiger partial charge in [0.1, 0.15) is 17.7 Å². The van der Waals surface area contributed by atoms with Gasteiger partial charge in [0, 0.05) is 48.4 Å². The summed E-state index contributed by atoms with van der Waals surface area (Å²) in [4.78, 5) is 59.5. The quantitative estimate of drug-likeness (QED) is 0.0732. The highest BCUT2D eigenvalue weighted by Crippen LogP contribution is 2.37. The summed E-state index contributed by atoms with van der Waals surface area (Å²) in [5.41, 5.74) is 13.8.